The van der Waals surface area contributed by atoms with Crippen LogP contribution < -0.4 is 0 Å². The van der Waals surface area contributed by atoms with Gasteiger partial charge in [0.05, 0.1) is 4.91 Å². The van der Waals surface area contributed by atoms with Crippen molar-refractivity contribution in [1.82, 2.24) is 4.90 Å². The summed E-state index contributed by atoms with van der Waals surface area (Å²) < 4.78 is 5.85. The van der Waals surface area contributed by atoms with E-state index in [-0.39, 0.29) is 5.91 Å². The molecule has 1 aromatic carbocycles. The molecular weight excluding hydrogens is 356 g/mol. The standard InChI is InChI=1S/C19H17ClN2O2S/c20-14-6-4-5-13(11-14)16-8-7-15(24-16)12-17-18(23)21-19(25-17)22-9-2-1-3-10-22/h4-8,11-12H,1-3,9-10H2/b17-12-. The van der Waals surface area contributed by atoms with Crippen LogP contribution in [0.3, 0.4) is 0 Å². The van der Waals surface area contributed by atoms with Gasteiger partial charge in [-0.1, -0.05) is 23.7 Å². The van der Waals surface area contributed by atoms with E-state index in [9.17, 15) is 4.79 Å². The van der Waals surface area contributed by atoms with Crippen molar-refractivity contribution in [1.29, 1.82) is 0 Å². The van der Waals surface area contributed by atoms with E-state index >= 15 is 0 Å². The molecule has 25 heavy (non-hydrogen) atoms. The normalized spacial score (nSPS) is 19.6. The predicted octanol–water partition coefficient (Wildman–Crippen LogP) is 5.06. The van der Waals surface area contributed by atoms with Gasteiger partial charge >= 0.3 is 0 Å². The van der Waals surface area contributed by atoms with Crippen molar-refractivity contribution < 1.29 is 9.21 Å². The maximum atomic E-state index is 12.2. The van der Waals surface area contributed by atoms with Crippen LogP contribution in [0.2, 0.25) is 5.02 Å². The first kappa shape index (κ1) is 16.5. The van der Waals surface area contributed by atoms with Gasteiger partial charge < -0.3 is 9.32 Å². The summed E-state index contributed by atoms with van der Waals surface area (Å²) >= 11 is 7.46. The van der Waals surface area contributed by atoms with Gasteiger partial charge in [-0.3, -0.25) is 4.79 Å². The number of hydrogen-bond donors (Lipinski definition) is 0. The lowest BCUT2D eigenvalue weighted by atomic mass is 10.1. The Balaban J connectivity index is 1.51. The second kappa shape index (κ2) is 7.10. The maximum Gasteiger partial charge on any atom is 0.286 e. The van der Waals surface area contributed by atoms with E-state index in [2.05, 4.69) is 9.89 Å². The molecule has 2 aromatic rings. The molecule has 0 saturated carbocycles. The second-order valence-corrected chi connectivity index (χ2v) is 7.52. The Labute approximate surface area is 155 Å². The minimum atomic E-state index is -0.189. The number of piperidine rings is 1. The van der Waals surface area contributed by atoms with E-state index in [1.54, 1.807) is 6.08 Å². The number of hydrogen-bond acceptors (Lipinski definition) is 4. The number of amides is 1. The average Bonchev–Trinajstić information content (AvgIpc) is 3.24. The smallest absolute Gasteiger partial charge is 0.286 e. The van der Waals surface area contributed by atoms with Gasteiger partial charge in [-0.25, -0.2) is 0 Å². The van der Waals surface area contributed by atoms with E-state index in [4.69, 9.17) is 16.0 Å². The Hall–Kier alpha value is -1.98. The summed E-state index contributed by atoms with van der Waals surface area (Å²) in [5.74, 6) is 1.18. The Morgan fingerprint density at radius 2 is 2.00 bits per heavy atom. The fourth-order valence-corrected chi connectivity index (χ4v) is 4.11. The number of carbonyl (C=O) groups is 1. The zero-order valence-electron chi connectivity index (χ0n) is 13.6. The molecule has 0 atom stereocenters. The zero-order valence-corrected chi connectivity index (χ0v) is 15.1. The quantitative estimate of drug-likeness (QED) is 0.691. The van der Waals surface area contributed by atoms with Crippen LogP contribution in [0.4, 0.5) is 0 Å². The van der Waals surface area contributed by atoms with Gasteiger partial charge in [0.2, 0.25) is 0 Å². The van der Waals surface area contributed by atoms with Gasteiger partial charge in [-0.05, 0) is 55.3 Å². The van der Waals surface area contributed by atoms with Crippen LogP contribution in [0.15, 0.2) is 50.7 Å². The highest BCUT2D eigenvalue weighted by Gasteiger charge is 2.27. The van der Waals surface area contributed by atoms with E-state index < -0.39 is 0 Å². The Kier molecular flexibility index (Phi) is 4.68. The number of amidine groups is 1. The summed E-state index contributed by atoms with van der Waals surface area (Å²) in [7, 11) is 0. The number of thioether (sulfide) groups is 1. The van der Waals surface area contributed by atoms with Crippen molar-refractivity contribution in [2.75, 3.05) is 13.1 Å². The monoisotopic (exact) mass is 372 g/mol. The molecule has 0 unspecified atom stereocenters. The van der Waals surface area contributed by atoms with E-state index in [1.165, 1.54) is 18.2 Å². The Morgan fingerprint density at radius 3 is 2.80 bits per heavy atom. The van der Waals surface area contributed by atoms with Gasteiger partial charge in [0.1, 0.15) is 11.5 Å². The highest BCUT2D eigenvalue weighted by molar-refractivity contribution is 8.18. The average molecular weight is 373 g/mol. The summed E-state index contributed by atoms with van der Waals surface area (Å²) in [6.07, 6.45) is 5.34. The molecular formula is C19H17ClN2O2S. The molecule has 1 amide bonds. The van der Waals surface area contributed by atoms with Gasteiger partial charge in [0, 0.05) is 29.8 Å². The Bertz CT molecular complexity index is 866. The number of nitrogens with zero attached hydrogens (tertiary/aromatic N) is 2. The third-order valence-corrected chi connectivity index (χ3v) is 5.52. The molecule has 6 heteroatoms. The second-order valence-electron chi connectivity index (χ2n) is 6.07. The molecule has 2 aliphatic rings. The van der Waals surface area contributed by atoms with Crippen molar-refractivity contribution in [3.63, 3.8) is 0 Å². The van der Waals surface area contributed by atoms with Crippen LogP contribution >= 0.6 is 23.4 Å². The molecule has 128 valence electrons. The predicted molar refractivity (Wildman–Crippen MR) is 103 cm³/mol. The number of aliphatic imine (C=N–C) groups is 1. The molecule has 0 bridgehead atoms. The summed E-state index contributed by atoms with van der Waals surface area (Å²) in [4.78, 5) is 19.2. The molecule has 4 rings (SSSR count). The Morgan fingerprint density at radius 1 is 1.16 bits per heavy atom. The van der Waals surface area contributed by atoms with Gasteiger partial charge in [-0.15, -0.1) is 0 Å². The molecule has 2 aliphatic heterocycles. The lowest BCUT2D eigenvalue weighted by Gasteiger charge is -2.27. The minimum absolute atomic E-state index is 0.189. The largest absolute Gasteiger partial charge is 0.457 e. The molecule has 4 nitrogen and oxygen atoms in total. The van der Waals surface area contributed by atoms with E-state index in [0.717, 1.165) is 42.4 Å². The van der Waals surface area contributed by atoms with Crippen LogP contribution in [-0.4, -0.2) is 29.1 Å². The molecule has 1 saturated heterocycles. The van der Waals surface area contributed by atoms with Crippen molar-refractivity contribution >= 4 is 40.5 Å². The van der Waals surface area contributed by atoms with Crippen molar-refractivity contribution in [3.05, 3.63) is 52.1 Å². The summed E-state index contributed by atoms with van der Waals surface area (Å²) in [5, 5.41) is 1.48. The van der Waals surface area contributed by atoms with E-state index in [1.807, 2.05) is 36.4 Å². The number of rotatable bonds is 2. The van der Waals surface area contributed by atoms with Crippen LogP contribution in [0.1, 0.15) is 25.0 Å². The third-order valence-electron chi connectivity index (χ3n) is 4.25. The molecule has 0 spiro atoms. The summed E-state index contributed by atoms with van der Waals surface area (Å²) in [6.45, 7) is 1.96. The lowest BCUT2D eigenvalue weighted by Crippen LogP contribution is -2.33. The van der Waals surface area contributed by atoms with Gasteiger partial charge in [-0.2, -0.15) is 4.99 Å². The first-order valence-corrected chi connectivity index (χ1v) is 9.52. The van der Waals surface area contributed by atoms with Crippen molar-refractivity contribution in [2.45, 2.75) is 19.3 Å². The van der Waals surface area contributed by atoms with Crippen LogP contribution in [0.25, 0.3) is 17.4 Å². The van der Waals surface area contributed by atoms with Crippen LogP contribution in [0.5, 0.6) is 0 Å². The fourth-order valence-electron chi connectivity index (χ4n) is 2.97. The first-order valence-electron chi connectivity index (χ1n) is 8.32. The highest BCUT2D eigenvalue weighted by Crippen LogP contribution is 2.33. The molecule has 0 radical (unpaired) electrons. The van der Waals surface area contributed by atoms with Gasteiger partial charge in [0.15, 0.2) is 5.17 Å². The first-order chi connectivity index (χ1) is 12.2. The fraction of sp³-hybridized carbons (Fsp3) is 0.263. The summed E-state index contributed by atoms with van der Waals surface area (Å²) in [6, 6.07) is 11.2. The molecule has 1 aromatic heterocycles. The van der Waals surface area contributed by atoms with Crippen LogP contribution in [-0.2, 0) is 4.79 Å². The number of furan rings is 1. The third kappa shape index (κ3) is 3.67. The number of carbonyl (C=O) groups excluding carboxylic acids is 1. The van der Waals surface area contributed by atoms with Crippen LogP contribution in [0, 0.1) is 0 Å². The maximum absolute atomic E-state index is 12.2. The zero-order chi connectivity index (χ0) is 17.2. The van der Waals surface area contributed by atoms with Crippen molar-refractivity contribution in [2.24, 2.45) is 4.99 Å². The molecule has 0 N–H and O–H groups in total. The molecule has 1 fully saturated rings. The number of halogens is 1. The number of benzene rings is 1. The van der Waals surface area contributed by atoms with E-state index in [0.29, 0.717) is 15.7 Å². The van der Waals surface area contributed by atoms with Gasteiger partial charge in [0.25, 0.3) is 5.91 Å². The highest BCUT2D eigenvalue weighted by atomic mass is 35.5. The SMILES string of the molecule is O=C1N=C(N2CCCCC2)S/C1=C\c1ccc(-c2cccc(Cl)c2)o1. The molecule has 3 heterocycles. The number of likely N-dealkylation sites (tertiary alicyclic amines) is 1. The molecule has 0 aliphatic carbocycles. The van der Waals surface area contributed by atoms with Crippen molar-refractivity contribution in [3.8, 4) is 11.3 Å². The minimum Gasteiger partial charge on any atom is -0.457 e. The lowest BCUT2D eigenvalue weighted by molar-refractivity contribution is -0.113. The summed E-state index contributed by atoms with van der Waals surface area (Å²) in [5.41, 5.74) is 0.910. The topological polar surface area (TPSA) is 45.8 Å².